The fourth-order valence-electron chi connectivity index (χ4n) is 3.93. The highest BCUT2D eigenvalue weighted by molar-refractivity contribution is 6.30. The minimum Gasteiger partial charge on any atom is -0.368 e. The second-order valence-electron chi connectivity index (χ2n) is 8.36. The third-order valence-electron chi connectivity index (χ3n) is 5.94. The molecule has 2 aromatic carbocycles. The third kappa shape index (κ3) is 6.54. The molecule has 6 nitrogen and oxygen atoms in total. The van der Waals surface area contributed by atoms with E-state index in [4.69, 9.17) is 11.6 Å². The zero-order chi connectivity index (χ0) is 23.0. The Bertz CT molecular complexity index is 1020. The first-order valence-electron chi connectivity index (χ1n) is 11.3. The molecule has 1 atom stereocenters. The van der Waals surface area contributed by atoms with Gasteiger partial charge in [-0.1, -0.05) is 54.1 Å². The molecule has 0 aliphatic carbocycles. The van der Waals surface area contributed by atoms with Crippen LogP contribution in [0.25, 0.3) is 0 Å². The highest BCUT2D eigenvalue weighted by atomic mass is 35.5. The van der Waals surface area contributed by atoms with E-state index in [1.807, 2.05) is 72.9 Å². The van der Waals surface area contributed by atoms with E-state index in [1.54, 1.807) is 0 Å². The number of pyridine rings is 1. The number of hydrogen-bond acceptors (Lipinski definition) is 5. The van der Waals surface area contributed by atoms with Gasteiger partial charge in [-0.2, -0.15) is 0 Å². The monoisotopic (exact) mass is 463 g/mol. The molecule has 1 aliphatic rings. The standard InChI is InChI=1S/C26H30ClN5O/c1-31-15-17-32(18-16-31)23-11-12-24(29-19-23)30-26(33)25(21-5-3-2-4-6-21)28-14-13-20-7-9-22(27)10-8-20/h2-12,19,25,28H,13-18H2,1H3,(H,29,30,33)/t25-/m0/s1. The van der Waals surface area contributed by atoms with E-state index in [0.29, 0.717) is 12.4 Å². The summed E-state index contributed by atoms with van der Waals surface area (Å²) in [6.45, 7) is 4.71. The van der Waals surface area contributed by atoms with Crippen molar-refractivity contribution in [3.63, 3.8) is 0 Å². The second-order valence-corrected chi connectivity index (χ2v) is 8.79. The number of anilines is 2. The minimum absolute atomic E-state index is 0.128. The summed E-state index contributed by atoms with van der Waals surface area (Å²) in [5, 5.41) is 7.10. The van der Waals surface area contributed by atoms with Gasteiger partial charge in [0.2, 0.25) is 5.91 Å². The van der Waals surface area contributed by atoms with E-state index >= 15 is 0 Å². The Hall–Kier alpha value is -2.93. The van der Waals surface area contributed by atoms with Crippen LogP contribution in [0, 0.1) is 0 Å². The zero-order valence-electron chi connectivity index (χ0n) is 18.9. The van der Waals surface area contributed by atoms with Gasteiger partial charge in [0.25, 0.3) is 0 Å². The number of carbonyl (C=O) groups is 1. The van der Waals surface area contributed by atoms with Gasteiger partial charge in [0.15, 0.2) is 0 Å². The number of hydrogen-bond donors (Lipinski definition) is 2. The Morgan fingerprint density at radius 2 is 1.73 bits per heavy atom. The molecule has 1 aromatic heterocycles. The van der Waals surface area contributed by atoms with Crippen LogP contribution in [-0.4, -0.2) is 55.6 Å². The molecule has 0 radical (unpaired) electrons. The van der Waals surface area contributed by atoms with Gasteiger partial charge >= 0.3 is 0 Å². The third-order valence-corrected chi connectivity index (χ3v) is 6.19. The van der Waals surface area contributed by atoms with Crippen LogP contribution in [0.3, 0.4) is 0 Å². The highest BCUT2D eigenvalue weighted by Gasteiger charge is 2.21. The van der Waals surface area contributed by atoms with Crippen molar-refractivity contribution in [3.05, 3.63) is 89.1 Å². The predicted molar refractivity (Wildman–Crippen MR) is 135 cm³/mol. The molecule has 2 heterocycles. The van der Waals surface area contributed by atoms with E-state index in [0.717, 1.165) is 48.9 Å². The van der Waals surface area contributed by atoms with Crippen molar-refractivity contribution >= 4 is 29.0 Å². The Kier molecular flexibility index (Phi) is 7.94. The van der Waals surface area contributed by atoms with Gasteiger partial charge in [0.05, 0.1) is 11.9 Å². The molecule has 2 N–H and O–H groups in total. The fourth-order valence-corrected chi connectivity index (χ4v) is 4.06. The maximum Gasteiger partial charge on any atom is 0.247 e. The number of halogens is 1. The van der Waals surface area contributed by atoms with Gasteiger partial charge in [-0.15, -0.1) is 0 Å². The molecule has 0 unspecified atom stereocenters. The molecule has 7 heteroatoms. The Balaban J connectivity index is 1.39. The minimum atomic E-state index is -0.474. The maximum atomic E-state index is 13.2. The molecular weight excluding hydrogens is 434 g/mol. The van der Waals surface area contributed by atoms with E-state index in [2.05, 4.69) is 32.5 Å². The lowest BCUT2D eigenvalue weighted by atomic mass is 10.1. The van der Waals surface area contributed by atoms with Crippen molar-refractivity contribution in [2.45, 2.75) is 12.5 Å². The topological polar surface area (TPSA) is 60.5 Å². The molecule has 0 saturated carbocycles. The van der Waals surface area contributed by atoms with Crippen molar-refractivity contribution < 1.29 is 4.79 Å². The fraction of sp³-hybridized carbons (Fsp3) is 0.308. The largest absolute Gasteiger partial charge is 0.368 e. The maximum absolute atomic E-state index is 13.2. The van der Waals surface area contributed by atoms with Crippen molar-refractivity contribution in [3.8, 4) is 0 Å². The Morgan fingerprint density at radius 1 is 1.00 bits per heavy atom. The number of amides is 1. The second kappa shape index (κ2) is 11.3. The summed E-state index contributed by atoms with van der Waals surface area (Å²) in [5.41, 5.74) is 3.17. The molecule has 3 aromatic rings. The van der Waals surface area contributed by atoms with Crippen molar-refractivity contribution in [1.29, 1.82) is 0 Å². The Labute approximate surface area is 200 Å². The first kappa shape index (κ1) is 23.2. The quantitative estimate of drug-likeness (QED) is 0.528. The first-order valence-corrected chi connectivity index (χ1v) is 11.7. The summed E-state index contributed by atoms with van der Waals surface area (Å²) in [5.74, 6) is 0.426. The number of likely N-dealkylation sites (N-methyl/N-ethyl adjacent to an activating group) is 1. The molecule has 33 heavy (non-hydrogen) atoms. The van der Waals surface area contributed by atoms with Crippen LogP contribution in [0.4, 0.5) is 11.5 Å². The smallest absolute Gasteiger partial charge is 0.247 e. The van der Waals surface area contributed by atoms with Crippen LogP contribution in [0.1, 0.15) is 17.2 Å². The summed E-state index contributed by atoms with van der Waals surface area (Å²) in [7, 11) is 2.14. The molecule has 1 aliphatic heterocycles. The average molecular weight is 464 g/mol. The van der Waals surface area contributed by atoms with Crippen LogP contribution < -0.4 is 15.5 Å². The van der Waals surface area contributed by atoms with Crippen molar-refractivity contribution in [2.24, 2.45) is 0 Å². The Morgan fingerprint density at radius 3 is 2.39 bits per heavy atom. The lowest BCUT2D eigenvalue weighted by Gasteiger charge is -2.33. The summed E-state index contributed by atoms with van der Waals surface area (Å²) < 4.78 is 0. The summed E-state index contributed by atoms with van der Waals surface area (Å²) in [6.07, 6.45) is 2.64. The molecule has 1 saturated heterocycles. The summed E-state index contributed by atoms with van der Waals surface area (Å²) in [4.78, 5) is 22.3. The van der Waals surface area contributed by atoms with Crippen LogP contribution in [0.5, 0.6) is 0 Å². The lowest BCUT2D eigenvalue weighted by molar-refractivity contribution is -0.118. The van der Waals surface area contributed by atoms with Crippen molar-refractivity contribution in [2.75, 3.05) is 50.0 Å². The number of carbonyl (C=O) groups excluding carboxylic acids is 1. The zero-order valence-corrected chi connectivity index (χ0v) is 19.6. The predicted octanol–water partition coefficient (Wildman–Crippen LogP) is 4.00. The van der Waals surface area contributed by atoms with Gasteiger partial charge in [0, 0.05) is 37.7 Å². The van der Waals surface area contributed by atoms with E-state index in [-0.39, 0.29) is 5.91 Å². The molecule has 172 valence electrons. The van der Waals surface area contributed by atoms with Gasteiger partial charge in [-0.3, -0.25) is 4.79 Å². The highest BCUT2D eigenvalue weighted by Crippen LogP contribution is 2.19. The van der Waals surface area contributed by atoms with Crippen molar-refractivity contribution in [1.82, 2.24) is 15.2 Å². The van der Waals surface area contributed by atoms with E-state index in [1.165, 1.54) is 5.56 Å². The molecule has 4 rings (SSSR count). The number of nitrogens with zero attached hydrogens (tertiary/aromatic N) is 3. The van der Waals surface area contributed by atoms with Crippen LogP contribution in [0.15, 0.2) is 72.9 Å². The number of benzene rings is 2. The molecular formula is C26H30ClN5O. The van der Waals surface area contributed by atoms with Gasteiger partial charge in [-0.05, 0) is 48.9 Å². The summed E-state index contributed by atoms with van der Waals surface area (Å²) in [6, 6.07) is 21.0. The summed E-state index contributed by atoms with van der Waals surface area (Å²) >= 11 is 5.98. The number of rotatable bonds is 8. The SMILES string of the molecule is CN1CCN(c2ccc(NC(=O)[C@@H](NCCc3ccc(Cl)cc3)c3ccccc3)nc2)CC1. The number of nitrogens with one attached hydrogen (secondary N) is 2. The van der Waals surface area contributed by atoms with E-state index < -0.39 is 6.04 Å². The van der Waals surface area contributed by atoms with E-state index in [9.17, 15) is 4.79 Å². The van der Waals surface area contributed by atoms with Gasteiger partial charge < -0.3 is 20.4 Å². The molecule has 0 spiro atoms. The number of piperazine rings is 1. The molecule has 1 amide bonds. The van der Waals surface area contributed by atoms with Crippen LogP contribution in [-0.2, 0) is 11.2 Å². The van der Waals surface area contributed by atoms with Crippen LogP contribution >= 0.6 is 11.6 Å². The first-order chi connectivity index (χ1) is 16.1. The molecule has 0 bridgehead atoms. The normalized spacial score (nSPS) is 15.3. The number of aromatic nitrogens is 1. The van der Waals surface area contributed by atoms with Gasteiger partial charge in [-0.25, -0.2) is 4.98 Å². The lowest BCUT2D eigenvalue weighted by Crippen LogP contribution is -2.44. The van der Waals surface area contributed by atoms with Gasteiger partial charge in [0.1, 0.15) is 11.9 Å². The van der Waals surface area contributed by atoms with Crippen LogP contribution in [0.2, 0.25) is 5.02 Å². The average Bonchev–Trinajstić information content (AvgIpc) is 2.84. The molecule has 1 fully saturated rings.